The Bertz CT molecular complexity index is 1120. The summed E-state index contributed by atoms with van der Waals surface area (Å²) < 4.78 is 7.52. The Morgan fingerprint density at radius 1 is 1.11 bits per heavy atom. The van der Waals surface area contributed by atoms with Crippen molar-refractivity contribution in [3.63, 3.8) is 0 Å². The normalized spacial score (nSPS) is 10.9. The molecular formula is C21H16ClN3O2. The maximum Gasteiger partial charge on any atom is 0.237 e. The third kappa shape index (κ3) is 3.55. The summed E-state index contributed by atoms with van der Waals surface area (Å²) in [7, 11) is 0. The molecule has 2 aromatic heterocycles. The van der Waals surface area contributed by atoms with E-state index in [1.807, 2.05) is 49.4 Å². The lowest BCUT2D eigenvalue weighted by molar-refractivity contribution is 0.0988. The van der Waals surface area contributed by atoms with Gasteiger partial charge in [-0.2, -0.15) is 0 Å². The van der Waals surface area contributed by atoms with Crippen LogP contribution in [-0.2, 0) is 0 Å². The number of benzene rings is 2. The molecule has 2 aromatic carbocycles. The van der Waals surface area contributed by atoms with E-state index in [4.69, 9.17) is 16.3 Å². The molecule has 0 saturated heterocycles. The highest BCUT2D eigenvalue weighted by atomic mass is 35.5. The molecule has 0 bridgehead atoms. The number of aromatic nitrogens is 3. The minimum absolute atomic E-state index is 0.120. The van der Waals surface area contributed by atoms with Gasteiger partial charge in [-0.3, -0.25) is 4.79 Å². The van der Waals surface area contributed by atoms with Gasteiger partial charge in [0.2, 0.25) is 5.88 Å². The van der Waals surface area contributed by atoms with Crippen LogP contribution in [0.15, 0.2) is 66.9 Å². The van der Waals surface area contributed by atoms with E-state index >= 15 is 0 Å². The van der Waals surface area contributed by atoms with Crippen molar-refractivity contribution in [1.82, 2.24) is 14.6 Å². The summed E-state index contributed by atoms with van der Waals surface area (Å²) in [5.41, 5.74) is 3.14. The first-order valence-electron chi connectivity index (χ1n) is 8.56. The second-order valence-electron chi connectivity index (χ2n) is 6.00. The quantitative estimate of drug-likeness (QED) is 0.435. The van der Waals surface area contributed by atoms with Gasteiger partial charge in [0.15, 0.2) is 11.4 Å². The number of rotatable bonds is 5. The van der Waals surface area contributed by atoms with Gasteiger partial charge in [-0.25, -0.2) is 9.50 Å². The van der Waals surface area contributed by atoms with Crippen LogP contribution in [0.2, 0.25) is 5.02 Å². The Labute approximate surface area is 161 Å². The van der Waals surface area contributed by atoms with Crippen LogP contribution in [0.3, 0.4) is 0 Å². The molecule has 4 rings (SSSR count). The van der Waals surface area contributed by atoms with E-state index in [0.717, 1.165) is 11.3 Å². The Kier molecular flexibility index (Phi) is 4.60. The highest BCUT2D eigenvalue weighted by Gasteiger charge is 2.10. The van der Waals surface area contributed by atoms with Crippen LogP contribution in [0.4, 0.5) is 0 Å². The van der Waals surface area contributed by atoms with Gasteiger partial charge in [-0.1, -0.05) is 48.9 Å². The molecule has 0 atom stereocenters. The predicted molar refractivity (Wildman–Crippen MR) is 105 cm³/mol. The highest BCUT2D eigenvalue weighted by molar-refractivity contribution is 6.30. The average molecular weight is 378 g/mol. The summed E-state index contributed by atoms with van der Waals surface area (Å²) in [5, 5.41) is 5.13. The fourth-order valence-electron chi connectivity index (χ4n) is 2.79. The van der Waals surface area contributed by atoms with Crippen LogP contribution in [0.5, 0.6) is 11.6 Å². The fourth-order valence-corrected chi connectivity index (χ4v) is 2.97. The molecule has 5 nitrogen and oxygen atoms in total. The molecule has 6 heteroatoms. The maximum absolute atomic E-state index is 11.8. The Morgan fingerprint density at radius 3 is 2.67 bits per heavy atom. The number of halogens is 1. The van der Waals surface area contributed by atoms with Crippen molar-refractivity contribution in [3.05, 3.63) is 77.4 Å². The third-order valence-electron chi connectivity index (χ3n) is 4.18. The number of fused-ring (bicyclic) bond motifs is 1. The smallest absolute Gasteiger partial charge is 0.237 e. The van der Waals surface area contributed by atoms with Crippen molar-refractivity contribution in [2.24, 2.45) is 0 Å². The van der Waals surface area contributed by atoms with Crippen LogP contribution in [0, 0.1) is 0 Å². The van der Waals surface area contributed by atoms with Gasteiger partial charge in [-0.05, 0) is 24.3 Å². The van der Waals surface area contributed by atoms with Crippen LogP contribution < -0.4 is 4.74 Å². The third-order valence-corrected chi connectivity index (χ3v) is 4.42. The van der Waals surface area contributed by atoms with Crippen molar-refractivity contribution in [2.75, 3.05) is 0 Å². The number of ether oxygens (including phenoxy) is 1. The lowest BCUT2D eigenvalue weighted by Gasteiger charge is -2.07. The van der Waals surface area contributed by atoms with Crippen molar-refractivity contribution >= 4 is 23.0 Å². The number of Topliss-reactive ketones (excluding diaryl/α,β-unsaturated/α-hetero) is 1. The molecule has 2 heterocycles. The van der Waals surface area contributed by atoms with E-state index in [2.05, 4.69) is 10.1 Å². The highest BCUT2D eigenvalue weighted by Crippen LogP contribution is 2.25. The molecule has 0 aliphatic rings. The first kappa shape index (κ1) is 17.2. The van der Waals surface area contributed by atoms with Crippen molar-refractivity contribution in [1.29, 1.82) is 0 Å². The fraction of sp³-hybridized carbons (Fsp3) is 0.0952. The first-order valence-corrected chi connectivity index (χ1v) is 8.93. The molecule has 4 aromatic rings. The van der Waals surface area contributed by atoms with E-state index in [9.17, 15) is 4.79 Å². The molecule has 0 N–H and O–H groups in total. The van der Waals surface area contributed by atoms with E-state index in [-0.39, 0.29) is 5.78 Å². The Morgan fingerprint density at radius 2 is 1.93 bits per heavy atom. The van der Waals surface area contributed by atoms with Gasteiger partial charge >= 0.3 is 0 Å². The molecule has 0 aliphatic carbocycles. The minimum atomic E-state index is 0.120. The number of hydrogen-bond donors (Lipinski definition) is 0. The molecule has 0 unspecified atom stereocenters. The molecule has 0 saturated carbocycles. The largest absolute Gasteiger partial charge is 0.438 e. The Hall–Kier alpha value is -3.18. The summed E-state index contributed by atoms with van der Waals surface area (Å²) in [6.45, 7) is 1.85. The predicted octanol–water partition coefficient (Wildman–Crippen LogP) is 5.43. The van der Waals surface area contributed by atoms with Gasteiger partial charge < -0.3 is 4.74 Å². The number of carbonyl (C=O) groups excluding carboxylic acids is 1. The SMILES string of the molecule is CCC(=O)c1ccc(-c2cnc3ccc(Oc4cccc(Cl)c4)nn23)cc1. The van der Waals surface area contributed by atoms with Crippen LogP contribution in [-0.4, -0.2) is 20.4 Å². The number of ketones is 1. The monoisotopic (exact) mass is 377 g/mol. The zero-order valence-electron chi connectivity index (χ0n) is 14.6. The van der Waals surface area contributed by atoms with E-state index in [0.29, 0.717) is 34.3 Å². The van der Waals surface area contributed by atoms with Gasteiger partial charge in [0.25, 0.3) is 0 Å². The second kappa shape index (κ2) is 7.21. The number of carbonyl (C=O) groups is 1. The van der Waals surface area contributed by atoms with E-state index in [1.165, 1.54) is 0 Å². The van der Waals surface area contributed by atoms with Crippen molar-refractivity contribution in [2.45, 2.75) is 13.3 Å². The van der Waals surface area contributed by atoms with E-state index in [1.54, 1.807) is 28.9 Å². The molecule has 0 fully saturated rings. The molecule has 0 spiro atoms. The molecule has 27 heavy (non-hydrogen) atoms. The molecule has 134 valence electrons. The molecular weight excluding hydrogens is 362 g/mol. The van der Waals surface area contributed by atoms with Crippen LogP contribution >= 0.6 is 11.6 Å². The topological polar surface area (TPSA) is 56.5 Å². The molecule has 0 amide bonds. The lowest BCUT2D eigenvalue weighted by atomic mass is 10.1. The maximum atomic E-state index is 11.8. The lowest BCUT2D eigenvalue weighted by Crippen LogP contribution is -1.98. The molecule has 0 radical (unpaired) electrons. The van der Waals surface area contributed by atoms with Gasteiger partial charge in [0.1, 0.15) is 5.75 Å². The summed E-state index contributed by atoms with van der Waals surface area (Å²) in [6.07, 6.45) is 2.24. The first-order chi connectivity index (χ1) is 13.1. The summed E-state index contributed by atoms with van der Waals surface area (Å²) in [6, 6.07) is 18.2. The number of nitrogens with zero attached hydrogens (tertiary/aromatic N) is 3. The van der Waals surface area contributed by atoms with Crippen LogP contribution in [0.25, 0.3) is 16.9 Å². The number of hydrogen-bond acceptors (Lipinski definition) is 4. The summed E-state index contributed by atoms with van der Waals surface area (Å²) in [4.78, 5) is 16.2. The van der Waals surface area contributed by atoms with Gasteiger partial charge in [0, 0.05) is 28.6 Å². The van der Waals surface area contributed by atoms with Crippen molar-refractivity contribution < 1.29 is 9.53 Å². The van der Waals surface area contributed by atoms with Gasteiger partial charge in [0.05, 0.1) is 11.9 Å². The Balaban J connectivity index is 1.69. The zero-order valence-corrected chi connectivity index (χ0v) is 15.3. The molecule has 0 aliphatic heterocycles. The zero-order chi connectivity index (χ0) is 18.8. The van der Waals surface area contributed by atoms with Gasteiger partial charge in [-0.15, -0.1) is 5.10 Å². The summed E-state index contributed by atoms with van der Waals surface area (Å²) >= 11 is 6.00. The average Bonchev–Trinajstić information content (AvgIpc) is 3.11. The van der Waals surface area contributed by atoms with Crippen LogP contribution in [0.1, 0.15) is 23.7 Å². The second-order valence-corrected chi connectivity index (χ2v) is 6.43. The summed E-state index contributed by atoms with van der Waals surface area (Å²) in [5.74, 6) is 1.16. The van der Waals surface area contributed by atoms with Crippen molar-refractivity contribution in [3.8, 4) is 22.9 Å². The standard InChI is InChI=1S/C21H16ClN3O2/c1-2-19(26)15-8-6-14(7-9-15)18-13-23-20-10-11-21(24-25(18)20)27-17-5-3-4-16(22)12-17/h3-13H,2H2,1H3. The van der Waals surface area contributed by atoms with E-state index < -0.39 is 0 Å². The minimum Gasteiger partial charge on any atom is -0.438 e. The number of imidazole rings is 1.